The number of aliphatic hydroxyl groups excluding tert-OH is 1. The van der Waals surface area contributed by atoms with Crippen molar-refractivity contribution in [2.75, 3.05) is 25.4 Å². The maximum Gasteiger partial charge on any atom is 0.387 e. The van der Waals surface area contributed by atoms with Gasteiger partial charge in [0.1, 0.15) is 0 Å². The SMILES string of the molecule is Nc1ncc(-c2cc(C3[C@H]4CC(N5CC[C@H](CO)C5)C[C@@H]34)n(CC3CC3)n2)cc1OC(F)F. The van der Waals surface area contributed by atoms with Gasteiger partial charge in [-0.25, -0.2) is 4.98 Å². The molecule has 0 spiro atoms. The molecule has 0 aromatic carbocycles. The second-order valence-corrected chi connectivity index (χ2v) is 10.4. The molecule has 178 valence electrons. The van der Waals surface area contributed by atoms with Crippen molar-refractivity contribution < 1.29 is 18.6 Å². The van der Waals surface area contributed by atoms with Crippen molar-refractivity contribution in [1.29, 1.82) is 0 Å². The summed E-state index contributed by atoms with van der Waals surface area (Å²) in [5, 5.41) is 14.3. The van der Waals surface area contributed by atoms with Gasteiger partial charge in [0.2, 0.25) is 0 Å². The highest BCUT2D eigenvalue weighted by Crippen LogP contribution is 2.64. The molecule has 3 saturated carbocycles. The summed E-state index contributed by atoms with van der Waals surface area (Å²) >= 11 is 0. The number of anilines is 1. The van der Waals surface area contributed by atoms with E-state index in [-0.39, 0.29) is 11.6 Å². The molecule has 2 aromatic heterocycles. The van der Waals surface area contributed by atoms with Crippen molar-refractivity contribution >= 4 is 5.82 Å². The Balaban J connectivity index is 1.21. The van der Waals surface area contributed by atoms with Gasteiger partial charge in [0.15, 0.2) is 11.6 Å². The van der Waals surface area contributed by atoms with Crippen LogP contribution in [-0.2, 0) is 6.54 Å². The first kappa shape index (κ1) is 21.3. The summed E-state index contributed by atoms with van der Waals surface area (Å²) in [5.74, 6) is 2.86. The van der Waals surface area contributed by atoms with Crippen molar-refractivity contribution in [3.63, 3.8) is 0 Å². The van der Waals surface area contributed by atoms with E-state index in [4.69, 9.17) is 10.8 Å². The van der Waals surface area contributed by atoms with Gasteiger partial charge < -0.3 is 15.6 Å². The molecule has 1 saturated heterocycles. The molecule has 3 N–H and O–H groups in total. The Hall–Kier alpha value is -2.26. The van der Waals surface area contributed by atoms with Crippen LogP contribution in [0.2, 0.25) is 0 Å². The van der Waals surface area contributed by atoms with E-state index in [1.165, 1.54) is 37.4 Å². The summed E-state index contributed by atoms with van der Waals surface area (Å²) in [6.45, 7) is 0.404. The van der Waals surface area contributed by atoms with Gasteiger partial charge in [0.25, 0.3) is 0 Å². The van der Waals surface area contributed by atoms with Crippen LogP contribution >= 0.6 is 0 Å². The summed E-state index contributed by atoms with van der Waals surface area (Å²) < 4.78 is 32.2. The summed E-state index contributed by atoms with van der Waals surface area (Å²) in [5.41, 5.74) is 8.37. The first-order chi connectivity index (χ1) is 16.0. The highest BCUT2D eigenvalue weighted by Gasteiger charge is 2.59. The Labute approximate surface area is 191 Å². The fourth-order valence-corrected chi connectivity index (χ4v) is 6.21. The quantitative estimate of drug-likeness (QED) is 0.629. The molecule has 33 heavy (non-hydrogen) atoms. The standard InChI is InChI=1S/C24H31F2N5O2/c25-24(26)33-21-5-15(9-28-23(21)27)19-8-20(31(29-19)11-13-1-2-13)22-17-6-16(7-18(17)22)30-4-3-14(10-30)12-32/h5,8-9,13-14,16-18,22,24,32H,1-4,6-7,10-12H2,(H2,27,28)/t14-,16?,17-,18+,22?/m0/s1. The van der Waals surface area contributed by atoms with Crippen LogP contribution in [0.15, 0.2) is 18.3 Å². The molecule has 1 aliphatic heterocycles. The van der Waals surface area contributed by atoms with Crippen LogP contribution in [0.4, 0.5) is 14.6 Å². The van der Waals surface area contributed by atoms with Crippen molar-refractivity contribution in [2.24, 2.45) is 23.7 Å². The molecule has 6 rings (SSSR count). The molecule has 3 aliphatic carbocycles. The van der Waals surface area contributed by atoms with Crippen molar-refractivity contribution in [2.45, 2.75) is 57.2 Å². The molecule has 3 heterocycles. The van der Waals surface area contributed by atoms with Gasteiger partial charge in [-0.3, -0.25) is 9.58 Å². The third-order valence-corrected chi connectivity index (χ3v) is 8.19. The monoisotopic (exact) mass is 459 g/mol. The highest BCUT2D eigenvalue weighted by atomic mass is 19.3. The fourth-order valence-electron chi connectivity index (χ4n) is 6.21. The van der Waals surface area contributed by atoms with Crippen LogP contribution in [0, 0.1) is 23.7 Å². The topological polar surface area (TPSA) is 89.4 Å². The molecule has 4 aliphatic rings. The van der Waals surface area contributed by atoms with Crippen molar-refractivity contribution in [3.8, 4) is 17.0 Å². The second kappa shape index (κ2) is 8.20. The number of rotatable bonds is 8. The molecule has 0 amide bonds. The minimum absolute atomic E-state index is 0.0511. The molecule has 5 atom stereocenters. The number of aromatic nitrogens is 3. The van der Waals surface area contributed by atoms with E-state index in [1.807, 2.05) is 0 Å². The van der Waals surface area contributed by atoms with Crippen LogP contribution in [-0.4, -0.2) is 57.1 Å². The number of ether oxygens (including phenoxy) is 1. The number of halogens is 2. The number of aliphatic hydroxyl groups is 1. The Kier molecular flexibility index (Phi) is 5.29. The van der Waals surface area contributed by atoms with Crippen molar-refractivity contribution in [1.82, 2.24) is 19.7 Å². The summed E-state index contributed by atoms with van der Waals surface area (Å²) in [7, 11) is 0. The van der Waals surface area contributed by atoms with Gasteiger partial charge in [-0.05, 0) is 74.5 Å². The zero-order chi connectivity index (χ0) is 22.7. The Bertz CT molecular complexity index is 1010. The van der Waals surface area contributed by atoms with Crippen LogP contribution in [0.25, 0.3) is 11.3 Å². The fraction of sp³-hybridized carbons (Fsp3) is 0.667. The number of likely N-dealkylation sites (tertiary alicyclic amines) is 1. The van der Waals surface area contributed by atoms with E-state index in [0.29, 0.717) is 47.8 Å². The molecule has 0 bridgehead atoms. The average molecular weight is 460 g/mol. The normalized spacial score (nSPS) is 31.3. The zero-order valence-electron chi connectivity index (χ0n) is 18.6. The lowest BCUT2D eigenvalue weighted by atomic mass is 10.0. The van der Waals surface area contributed by atoms with Crippen LogP contribution in [0.1, 0.15) is 43.7 Å². The first-order valence-electron chi connectivity index (χ1n) is 12.1. The average Bonchev–Trinajstić information content (AvgIpc) is 3.50. The van der Waals surface area contributed by atoms with Gasteiger partial charge >= 0.3 is 6.61 Å². The molecule has 0 radical (unpaired) electrons. The zero-order valence-corrected chi connectivity index (χ0v) is 18.6. The largest absolute Gasteiger partial charge is 0.431 e. The smallest absolute Gasteiger partial charge is 0.387 e. The minimum atomic E-state index is -2.95. The number of nitrogens with two attached hydrogens (primary N) is 1. The number of alkyl halides is 2. The Morgan fingerprint density at radius 3 is 2.61 bits per heavy atom. The third-order valence-electron chi connectivity index (χ3n) is 8.19. The third kappa shape index (κ3) is 4.10. The molecule has 7 nitrogen and oxygen atoms in total. The van der Waals surface area contributed by atoms with Crippen LogP contribution in [0.5, 0.6) is 5.75 Å². The van der Waals surface area contributed by atoms with E-state index < -0.39 is 6.61 Å². The summed E-state index contributed by atoms with van der Waals surface area (Å²) in [4.78, 5) is 6.64. The van der Waals surface area contributed by atoms with Gasteiger partial charge in [-0.1, -0.05) is 0 Å². The number of nitrogens with zero attached hydrogens (tertiary/aromatic N) is 4. The Morgan fingerprint density at radius 2 is 1.94 bits per heavy atom. The van der Waals surface area contributed by atoms with E-state index in [0.717, 1.165) is 31.7 Å². The number of hydrogen-bond donors (Lipinski definition) is 2. The lowest BCUT2D eigenvalue weighted by Gasteiger charge is -2.26. The minimum Gasteiger partial charge on any atom is -0.431 e. The van der Waals surface area contributed by atoms with Gasteiger partial charge in [0, 0.05) is 49.1 Å². The number of pyridine rings is 1. The Morgan fingerprint density at radius 1 is 1.15 bits per heavy atom. The van der Waals surface area contributed by atoms with E-state index >= 15 is 0 Å². The molecule has 2 unspecified atom stereocenters. The summed E-state index contributed by atoms with van der Waals surface area (Å²) in [6, 6.07) is 4.27. The molecular weight excluding hydrogens is 428 g/mol. The van der Waals surface area contributed by atoms with E-state index in [1.54, 1.807) is 6.20 Å². The maximum atomic E-state index is 12.7. The van der Waals surface area contributed by atoms with E-state index in [2.05, 4.69) is 25.4 Å². The predicted molar refractivity (Wildman–Crippen MR) is 119 cm³/mol. The molecule has 9 heteroatoms. The highest BCUT2D eigenvalue weighted by molar-refractivity contribution is 5.64. The first-order valence-corrected chi connectivity index (χ1v) is 12.1. The molecule has 2 aromatic rings. The number of hydrogen-bond acceptors (Lipinski definition) is 6. The van der Waals surface area contributed by atoms with Crippen LogP contribution in [0.3, 0.4) is 0 Å². The van der Waals surface area contributed by atoms with Crippen molar-refractivity contribution in [3.05, 3.63) is 24.0 Å². The van der Waals surface area contributed by atoms with Gasteiger partial charge in [0.05, 0.1) is 5.69 Å². The summed E-state index contributed by atoms with van der Waals surface area (Å²) in [6.07, 6.45) is 7.60. The molecule has 4 fully saturated rings. The predicted octanol–water partition coefficient (Wildman–Crippen LogP) is 3.34. The second-order valence-electron chi connectivity index (χ2n) is 10.4. The van der Waals surface area contributed by atoms with Gasteiger partial charge in [-0.15, -0.1) is 0 Å². The van der Waals surface area contributed by atoms with Crippen LogP contribution < -0.4 is 10.5 Å². The van der Waals surface area contributed by atoms with Gasteiger partial charge in [-0.2, -0.15) is 13.9 Å². The number of nitrogen functional groups attached to an aromatic ring is 1. The lowest BCUT2D eigenvalue weighted by Crippen LogP contribution is -2.33. The number of fused-ring (bicyclic) bond motifs is 1. The lowest BCUT2D eigenvalue weighted by molar-refractivity contribution is -0.0494. The van der Waals surface area contributed by atoms with E-state index in [9.17, 15) is 13.9 Å². The molecular formula is C24H31F2N5O2. The maximum absolute atomic E-state index is 12.7.